The molecule has 0 radical (unpaired) electrons. The first-order valence-electron chi connectivity index (χ1n) is 5.54. The molecule has 1 aromatic heterocycles. The highest BCUT2D eigenvalue weighted by atomic mass is 16.1. The SMILES string of the molecule is CNC(=O)c1cc(CCNC(C)C)ccn1. The van der Waals surface area contributed by atoms with Gasteiger partial charge < -0.3 is 10.6 Å². The second-order valence-corrected chi connectivity index (χ2v) is 3.99. The van der Waals surface area contributed by atoms with Crippen LogP contribution in [0.3, 0.4) is 0 Å². The first kappa shape index (κ1) is 12.6. The predicted octanol–water partition coefficient (Wildman–Crippen LogP) is 0.982. The van der Waals surface area contributed by atoms with Gasteiger partial charge in [-0.25, -0.2) is 0 Å². The van der Waals surface area contributed by atoms with Gasteiger partial charge in [-0.15, -0.1) is 0 Å². The molecule has 0 unspecified atom stereocenters. The Morgan fingerprint density at radius 2 is 2.25 bits per heavy atom. The molecule has 1 rings (SSSR count). The Bertz CT molecular complexity index is 350. The molecule has 0 aliphatic rings. The number of rotatable bonds is 5. The number of nitrogens with zero attached hydrogens (tertiary/aromatic N) is 1. The highest BCUT2D eigenvalue weighted by molar-refractivity contribution is 5.92. The Kier molecular flexibility index (Phi) is 4.92. The summed E-state index contributed by atoms with van der Waals surface area (Å²) in [6.45, 7) is 5.14. The minimum atomic E-state index is -0.140. The van der Waals surface area contributed by atoms with Crippen LogP contribution in [0.5, 0.6) is 0 Å². The van der Waals surface area contributed by atoms with Crippen molar-refractivity contribution in [2.24, 2.45) is 0 Å². The Hall–Kier alpha value is -1.42. The topological polar surface area (TPSA) is 54.0 Å². The van der Waals surface area contributed by atoms with Crippen molar-refractivity contribution < 1.29 is 4.79 Å². The van der Waals surface area contributed by atoms with Crippen molar-refractivity contribution in [3.8, 4) is 0 Å². The van der Waals surface area contributed by atoms with Crippen molar-refractivity contribution in [1.82, 2.24) is 15.6 Å². The molecule has 0 saturated carbocycles. The maximum Gasteiger partial charge on any atom is 0.269 e. The fourth-order valence-corrected chi connectivity index (χ4v) is 1.39. The van der Waals surface area contributed by atoms with Crippen LogP contribution >= 0.6 is 0 Å². The Morgan fingerprint density at radius 1 is 1.50 bits per heavy atom. The largest absolute Gasteiger partial charge is 0.354 e. The van der Waals surface area contributed by atoms with Gasteiger partial charge in [0.25, 0.3) is 5.91 Å². The van der Waals surface area contributed by atoms with Gasteiger partial charge in [-0.05, 0) is 30.7 Å². The Balaban J connectivity index is 2.57. The van der Waals surface area contributed by atoms with Crippen LogP contribution in [0.15, 0.2) is 18.3 Å². The van der Waals surface area contributed by atoms with E-state index < -0.39 is 0 Å². The third-order valence-electron chi connectivity index (χ3n) is 2.25. The van der Waals surface area contributed by atoms with Crippen molar-refractivity contribution in [2.75, 3.05) is 13.6 Å². The van der Waals surface area contributed by atoms with Gasteiger partial charge in [0.05, 0.1) is 0 Å². The molecule has 4 nitrogen and oxygen atoms in total. The zero-order valence-corrected chi connectivity index (χ0v) is 10.1. The fraction of sp³-hybridized carbons (Fsp3) is 0.500. The molecule has 1 heterocycles. The zero-order chi connectivity index (χ0) is 12.0. The second-order valence-electron chi connectivity index (χ2n) is 3.99. The quantitative estimate of drug-likeness (QED) is 0.779. The highest BCUT2D eigenvalue weighted by Gasteiger charge is 2.05. The van der Waals surface area contributed by atoms with E-state index in [1.54, 1.807) is 13.2 Å². The first-order valence-corrected chi connectivity index (χ1v) is 5.54. The molecule has 0 fully saturated rings. The van der Waals surface area contributed by atoms with E-state index in [4.69, 9.17) is 0 Å². The van der Waals surface area contributed by atoms with Gasteiger partial charge >= 0.3 is 0 Å². The van der Waals surface area contributed by atoms with E-state index >= 15 is 0 Å². The zero-order valence-electron chi connectivity index (χ0n) is 10.1. The molecule has 16 heavy (non-hydrogen) atoms. The summed E-state index contributed by atoms with van der Waals surface area (Å²) in [7, 11) is 1.61. The molecule has 2 N–H and O–H groups in total. The van der Waals surface area contributed by atoms with Crippen LogP contribution in [-0.4, -0.2) is 30.5 Å². The lowest BCUT2D eigenvalue weighted by molar-refractivity contribution is 0.0958. The summed E-state index contributed by atoms with van der Waals surface area (Å²) in [5.41, 5.74) is 1.60. The molecule has 0 atom stereocenters. The maximum atomic E-state index is 11.4. The predicted molar refractivity (Wildman–Crippen MR) is 64.5 cm³/mol. The number of pyridine rings is 1. The number of aromatic nitrogens is 1. The molecule has 1 amide bonds. The van der Waals surface area contributed by atoms with Gasteiger partial charge in [0.15, 0.2) is 0 Å². The molecular formula is C12H19N3O. The molecule has 0 bridgehead atoms. The lowest BCUT2D eigenvalue weighted by atomic mass is 10.1. The van der Waals surface area contributed by atoms with Crippen LogP contribution < -0.4 is 10.6 Å². The van der Waals surface area contributed by atoms with E-state index in [1.165, 1.54) is 0 Å². The van der Waals surface area contributed by atoms with Crippen molar-refractivity contribution >= 4 is 5.91 Å². The average molecular weight is 221 g/mol. The van der Waals surface area contributed by atoms with E-state index in [0.717, 1.165) is 18.5 Å². The fourth-order valence-electron chi connectivity index (χ4n) is 1.39. The number of carbonyl (C=O) groups is 1. The minimum Gasteiger partial charge on any atom is -0.354 e. The lowest BCUT2D eigenvalue weighted by Crippen LogP contribution is -2.25. The Labute approximate surface area is 96.5 Å². The van der Waals surface area contributed by atoms with Crippen LogP contribution in [0.4, 0.5) is 0 Å². The van der Waals surface area contributed by atoms with Gasteiger partial charge in [0.1, 0.15) is 5.69 Å². The van der Waals surface area contributed by atoms with Crippen LogP contribution in [0.2, 0.25) is 0 Å². The van der Waals surface area contributed by atoms with Gasteiger partial charge in [-0.2, -0.15) is 0 Å². The third-order valence-corrected chi connectivity index (χ3v) is 2.25. The van der Waals surface area contributed by atoms with E-state index in [0.29, 0.717) is 11.7 Å². The minimum absolute atomic E-state index is 0.140. The molecule has 0 spiro atoms. The van der Waals surface area contributed by atoms with E-state index in [-0.39, 0.29) is 5.91 Å². The van der Waals surface area contributed by atoms with E-state index in [2.05, 4.69) is 29.5 Å². The summed E-state index contributed by atoms with van der Waals surface area (Å²) >= 11 is 0. The smallest absolute Gasteiger partial charge is 0.269 e. The average Bonchev–Trinajstić information content (AvgIpc) is 2.28. The molecule has 0 saturated heterocycles. The van der Waals surface area contributed by atoms with Crippen LogP contribution in [0, 0.1) is 0 Å². The molecule has 0 aliphatic carbocycles. The number of nitrogens with one attached hydrogen (secondary N) is 2. The van der Waals surface area contributed by atoms with Gasteiger partial charge in [-0.1, -0.05) is 13.8 Å². The lowest BCUT2D eigenvalue weighted by Gasteiger charge is -2.08. The van der Waals surface area contributed by atoms with Gasteiger partial charge in [-0.3, -0.25) is 9.78 Å². The van der Waals surface area contributed by atoms with Crippen molar-refractivity contribution in [3.05, 3.63) is 29.6 Å². The molecule has 0 aliphatic heterocycles. The summed E-state index contributed by atoms with van der Waals surface area (Å²) in [5.74, 6) is -0.140. The second kappa shape index (κ2) is 6.23. The van der Waals surface area contributed by atoms with E-state index in [9.17, 15) is 4.79 Å². The summed E-state index contributed by atoms with van der Waals surface area (Å²) in [6, 6.07) is 4.26. The number of hydrogen-bond acceptors (Lipinski definition) is 3. The molecule has 0 aromatic carbocycles. The molecule has 1 aromatic rings. The summed E-state index contributed by atoms with van der Waals surface area (Å²) < 4.78 is 0. The van der Waals surface area contributed by atoms with Crippen molar-refractivity contribution in [1.29, 1.82) is 0 Å². The van der Waals surface area contributed by atoms with Crippen LogP contribution in [0.25, 0.3) is 0 Å². The van der Waals surface area contributed by atoms with Gasteiger partial charge in [0, 0.05) is 19.3 Å². The van der Waals surface area contributed by atoms with Crippen LogP contribution in [0.1, 0.15) is 29.9 Å². The summed E-state index contributed by atoms with van der Waals surface area (Å²) in [4.78, 5) is 15.4. The number of hydrogen-bond donors (Lipinski definition) is 2. The van der Waals surface area contributed by atoms with Crippen molar-refractivity contribution in [2.45, 2.75) is 26.3 Å². The summed E-state index contributed by atoms with van der Waals surface area (Å²) in [6.07, 6.45) is 2.58. The summed E-state index contributed by atoms with van der Waals surface area (Å²) in [5, 5.41) is 5.90. The molecule has 88 valence electrons. The van der Waals surface area contributed by atoms with Crippen LogP contribution in [-0.2, 0) is 6.42 Å². The molecular weight excluding hydrogens is 202 g/mol. The normalized spacial score (nSPS) is 10.5. The van der Waals surface area contributed by atoms with Gasteiger partial charge in [0.2, 0.25) is 0 Å². The monoisotopic (exact) mass is 221 g/mol. The molecule has 4 heteroatoms. The highest BCUT2D eigenvalue weighted by Crippen LogP contribution is 2.02. The van der Waals surface area contributed by atoms with Crippen molar-refractivity contribution in [3.63, 3.8) is 0 Å². The maximum absolute atomic E-state index is 11.4. The Morgan fingerprint density at radius 3 is 2.88 bits per heavy atom. The number of amides is 1. The van der Waals surface area contributed by atoms with E-state index in [1.807, 2.05) is 12.1 Å². The third kappa shape index (κ3) is 3.98. The first-order chi connectivity index (χ1) is 7.63. The standard InChI is InChI=1S/C12H19N3O/c1-9(2)14-6-4-10-5-7-15-11(8-10)12(16)13-3/h5,7-9,14H,4,6H2,1-3H3,(H,13,16). The number of carbonyl (C=O) groups excluding carboxylic acids is 1.